The first-order valence-corrected chi connectivity index (χ1v) is 12.9. The van der Waals surface area contributed by atoms with Gasteiger partial charge in [0.1, 0.15) is 11.4 Å². The van der Waals surface area contributed by atoms with Crippen molar-refractivity contribution in [1.29, 1.82) is 5.26 Å². The van der Waals surface area contributed by atoms with Gasteiger partial charge in [0.05, 0.1) is 29.0 Å². The summed E-state index contributed by atoms with van der Waals surface area (Å²) >= 11 is 5.58. The largest absolute Gasteiger partial charge is 0.417 e. The number of aliphatic hydroxyl groups excluding tert-OH is 1. The van der Waals surface area contributed by atoms with Gasteiger partial charge in [-0.05, 0) is 80.2 Å². The fourth-order valence-corrected chi connectivity index (χ4v) is 5.81. The van der Waals surface area contributed by atoms with E-state index in [4.69, 9.17) is 17.5 Å². The van der Waals surface area contributed by atoms with Crippen LogP contribution in [0.4, 0.5) is 28.9 Å². The lowest BCUT2D eigenvalue weighted by Gasteiger charge is -2.43. The van der Waals surface area contributed by atoms with Crippen LogP contribution in [-0.2, 0) is 22.2 Å². The maximum Gasteiger partial charge on any atom is 0.417 e. The standard InChI is InChI=1S/C27H24F4N4O3S/c28-22-12-19(8-5-16(22)3-1-4-23(37)33-14-20(36)15-33)35-25(39)34(24(38)26(35)9-2-10-26)18-7-6-17(13-32)21(11-18)27(29,30)31/h5-8,11-12,20,36H,1-4,9-10,14-15H2. The molecule has 0 aromatic heterocycles. The number of likely N-dealkylation sites (tertiary alicyclic amines) is 1. The van der Waals surface area contributed by atoms with Gasteiger partial charge < -0.3 is 14.9 Å². The number of hydrogen-bond acceptors (Lipinski definition) is 5. The average Bonchev–Trinajstić information content (AvgIpc) is 3.08. The summed E-state index contributed by atoms with van der Waals surface area (Å²) in [4.78, 5) is 29.8. The minimum atomic E-state index is -4.81. The lowest BCUT2D eigenvalue weighted by atomic mass is 9.75. The van der Waals surface area contributed by atoms with Crippen LogP contribution < -0.4 is 9.80 Å². The molecular formula is C27H24F4N4O3S. The van der Waals surface area contributed by atoms with Gasteiger partial charge in [-0.3, -0.25) is 14.5 Å². The van der Waals surface area contributed by atoms with Crippen molar-refractivity contribution in [2.45, 2.75) is 56.3 Å². The highest BCUT2D eigenvalue weighted by molar-refractivity contribution is 7.81. The van der Waals surface area contributed by atoms with Crippen LogP contribution in [0.2, 0.25) is 0 Å². The molecule has 0 bridgehead atoms. The van der Waals surface area contributed by atoms with E-state index in [1.165, 1.54) is 23.1 Å². The Hall–Kier alpha value is -3.56. The van der Waals surface area contributed by atoms with E-state index in [0.717, 1.165) is 17.0 Å². The third-order valence-electron chi connectivity index (χ3n) is 7.63. The predicted molar refractivity (Wildman–Crippen MR) is 137 cm³/mol. The van der Waals surface area contributed by atoms with Crippen LogP contribution in [-0.4, -0.2) is 51.7 Å². The smallest absolute Gasteiger partial charge is 0.389 e. The molecule has 2 aromatic carbocycles. The van der Waals surface area contributed by atoms with Crippen molar-refractivity contribution in [2.24, 2.45) is 0 Å². The first kappa shape index (κ1) is 27.0. The lowest BCUT2D eigenvalue weighted by Crippen LogP contribution is -2.55. The molecular weight excluding hydrogens is 536 g/mol. The van der Waals surface area contributed by atoms with Crippen molar-refractivity contribution in [3.8, 4) is 6.07 Å². The number of alkyl halides is 3. The summed E-state index contributed by atoms with van der Waals surface area (Å²) in [5.41, 5.74) is -2.27. The van der Waals surface area contributed by atoms with Crippen molar-refractivity contribution < 1.29 is 32.3 Å². The first-order chi connectivity index (χ1) is 18.5. The number of rotatable bonds is 6. The van der Waals surface area contributed by atoms with E-state index in [1.807, 2.05) is 0 Å². The van der Waals surface area contributed by atoms with E-state index in [2.05, 4.69) is 0 Å². The first-order valence-electron chi connectivity index (χ1n) is 12.5. The van der Waals surface area contributed by atoms with E-state index in [1.54, 1.807) is 17.0 Å². The predicted octanol–water partition coefficient (Wildman–Crippen LogP) is 4.30. The molecule has 39 heavy (non-hydrogen) atoms. The highest BCUT2D eigenvalue weighted by Gasteiger charge is 2.59. The minimum Gasteiger partial charge on any atom is -0.389 e. The average molecular weight is 561 g/mol. The molecule has 0 unspecified atom stereocenters. The van der Waals surface area contributed by atoms with Crippen LogP contribution in [0.25, 0.3) is 0 Å². The number of nitriles is 1. The van der Waals surface area contributed by atoms with Crippen LogP contribution in [0, 0.1) is 17.1 Å². The number of benzene rings is 2. The number of hydrogen-bond donors (Lipinski definition) is 1. The summed E-state index contributed by atoms with van der Waals surface area (Å²) in [5.74, 6) is -1.13. The van der Waals surface area contributed by atoms with Crippen molar-refractivity contribution in [3.05, 3.63) is 58.9 Å². The van der Waals surface area contributed by atoms with E-state index in [9.17, 15) is 27.9 Å². The number of aliphatic hydroxyl groups is 1. The zero-order valence-electron chi connectivity index (χ0n) is 20.7. The summed E-state index contributed by atoms with van der Waals surface area (Å²) in [6.45, 7) is 0.629. The van der Waals surface area contributed by atoms with E-state index in [-0.39, 0.29) is 23.1 Å². The molecule has 0 radical (unpaired) electrons. The lowest BCUT2D eigenvalue weighted by molar-refractivity contribution is -0.141. The Morgan fingerprint density at radius 2 is 1.85 bits per heavy atom. The SMILES string of the molecule is N#Cc1ccc(N2C(=O)C3(CCC3)N(c3ccc(CCCC(=O)N4CC(O)C4)c(F)c3)C2=S)cc1C(F)(F)F. The van der Waals surface area contributed by atoms with Crippen LogP contribution in [0.5, 0.6) is 0 Å². The Morgan fingerprint density at radius 1 is 1.15 bits per heavy atom. The second-order valence-electron chi connectivity index (χ2n) is 10.1. The molecule has 5 rings (SSSR count). The topological polar surface area (TPSA) is 87.9 Å². The summed E-state index contributed by atoms with van der Waals surface area (Å²) in [5, 5.41) is 18.4. The fraction of sp³-hybridized carbons (Fsp3) is 0.407. The highest BCUT2D eigenvalue weighted by atomic mass is 32.1. The molecule has 2 saturated heterocycles. The van der Waals surface area contributed by atoms with Crippen molar-refractivity contribution >= 4 is 40.5 Å². The molecule has 12 heteroatoms. The Bertz CT molecular complexity index is 1400. The minimum absolute atomic E-state index is 0.0629. The van der Waals surface area contributed by atoms with Crippen LogP contribution in [0.3, 0.4) is 0 Å². The molecule has 1 aliphatic carbocycles. The van der Waals surface area contributed by atoms with Gasteiger partial charge in [-0.2, -0.15) is 18.4 Å². The maximum absolute atomic E-state index is 15.1. The number of halogens is 4. The van der Waals surface area contributed by atoms with E-state index in [0.29, 0.717) is 56.4 Å². The Labute approximate surface area is 227 Å². The monoisotopic (exact) mass is 560 g/mol. The molecule has 3 fully saturated rings. The molecule has 1 saturated carbocycles. The molecule has 2 heterocycles. The van der Waals surface area contributed by atoms with Gasteiger partial charge in [0.2, 0.25) is 5.91 Å². The number of carbonyl (C=O) groups is 2. The summed E-state index contributed by atoms with van der Waals surface area (Å²) < 4.78 is 55.9. The maximum atomic E-state index is 15.1. The van der Waals surface area contributed by atoms with E-state index < -0.39 is 40.7 Å². The molecule has 2 aliphatic heterocycles. The second kappa shape index (κ2) is 9.88. The number of anilines is 2. The number of nitrogens with zero attached hydrogens (tertiary/aromatic N) is 4. The third-order valence-corrected chi connectivity index (χ3v) is 7.99. The zero-order valence-corrected chi connectivity index (χ0v) is 21.5. The van der Waals surface area contributed by atoms with Gasteiger partial charge in [0.25, 0.3) is 5.91 Å². The van der Waals surface area contributed by atoms with Crippen LogP contribution in [0.1, 0.15) is 48.8 Å². The van der Waals surface area contributed by atoms with Gasteiger partial charge >= 0.3 is 6.18 Å². The number of amides is 2. The number of carbonyl (C=O) groups excluding carboxylic acids is 2. The molecule has 0 atom stereocenters. The van der Waals surface area contributed by atoms with Gasteiger partial charge in [0.15, 0.2) is 5.11 Å². The third kappa shape index (κ3) is 4.63. The molecule has 7 nitrogen and oxygen atoms in total. The zero-order chi connectivity index (χ0) is 28.1. The molecule has 204 valence electrons. The molecule has 1 N–H and O–H groups in total. The Kier molecular flexibility index (Phi) is 6.84. The Morgan fingerprint density at radius 3 is 2.41 bits per heavy atom. The van der Waals surface area contributed by atoms with Gasteiger partial charge in [-0.1, -0.05) is 6.07 Å². The quantitative estimate of drug-likeness (QED) is 0.419. The van der Waals surface area contributed by atoms with Crippen LogP contribution >= 0.6 is 12.2 Å². The molecule has 1 spiro atoms. The van der Waals surface area contributed by atoms with Crippen molar-refractivity contribution in [1.82, 2.24) is 4.90 Å². The van der Waals surface area contributed by atoms with E-state index >= 15 is 4.39 Å². The summed E-state index contributed by atoms with van der Waals surface area (Å²) in [6, 6.07) is 8.96. The van der Waals surface area contributed by atoms with Crippen LogP contribution in [0.15, 0.2) is 36.4 Å². The second-order valence-corrected chi connectivity index (χ2v) is 10.4. The number of aryl methyl sites for hydroxylation is 1. The molecule has 3 aliphatic rings. The summed E-state index contributed by atoms with van der Waals surface area (Å²) in [6.07, 6.45) is -2.84. The van der Waals surface area contributed by atoms with Gasteiger partial charge in [-0.25, -0.2) is 4.39 Å². The van der Waals surface area contributed by atoms with Crippen molar-refractivity contribution in [2.75, 3.05) is 22.9 Å². The van der Waals surface area contributed by atoms with Crippen molar-refractivity contribution in [3.63, 3.8) is 0 Å². The fourth-order valence-electron chi connectivity index (χ4n) is 5.34. The Balaban J connectivity index is 1.38. The molecule has 2 amide bonds. The highest BCUT2D eigenvalue weighted by Crippen LogP contribution is 2.48. The van der Waals surface area contributed by atoms with Gasteiger partial charge in [0, 0.05) is 25.2 Å². The number of thiocarbonyl (C=S) groups is 1. The normalized spacial score (nSPS) is 18.8. The summed E-state index contributed by atoms with van der Waals surface area (Å²) in [7, 11) is 0. The molecule has 2 aromatic rings. The van der Waals surface area contributed by atoms with Gasteiger partial charge in [-0.15, -0.1) is 0 Å². The number of β-amino-alcohol motifs (C(OH)–C–C–N with tert-alkyl or cyclic N) is 1.